The van der Waals surface area contributed by atoms with Crippen LogP contribution in [0.5, 0.6) is 11.5 Å². The summed E-state index contributed by atoms with van der Waals surface area (Å²) >= 11 is 0. The smallest absolute Gasteiger partial charge is 0.408 e. The highest BCUT2D eigenvalue weighted by molar-refractivity contribution is 6.05. The Labute approximate surface area is 217 Å². The number of nitrogens with one attached hydrogen (secondary N) is 2. The molecule has 3 N–H and O–H groups in total. The number of alkyl carbamates (subject to hydrolysis) is 1. The molecule has 0 unspecified atom stereocenters. The molecule has 1 amide bonds. The fourth-order valence-electron chi connectivity index (χ4n) is 4.31. The first kappa shape index (κ1) is 24.9. The van der Waals surface area contributed by atoms with Crippen LogP contribution in [0.1, 0.15) is 26.3 Å². The topological polar surface area (TPSA) is 131 Å². The first-order valence-electron chi connectivity index (χ1n) is 12.0. The number of phenols is 1. The van der Waals surface area contributed by atoms with Crippen LogP contribution in [-0.4, -0.2) is 33.8 Å². The molecule has 3 aromatic carbocycles. The molecule has 0 aliphatic rings. The van der Waals surface area contributed by atoms with Crippen molar-refractivity contribution in [3.05, 3.63) is 82.8 Å². The average molecular weight is 515 g/mol. The maximum Gasteiger partial charge on any atom is 0.408 e. The molecule has 0 radical (unpaired) electrons. The van der Waals surface area contributed by atoms with Gasteiger partial charge in [0.25, 0.3) is 0 Å². The van der Waals surface area contributed by atoms with Crippen molar-refractivity contribution in [1.82, 2.24) is 10.3 Å². The van der Waals surface area contributed by atoms with Crippen LogP contribution >= 0.6 is 0 Å². The number of rotatable bonds is 5. The van der Waals surface area contributed by atoms with Crippen LogP contribution in [0, 0.1) is 0 Å². The zero-order valence-electron chi connectivity index (χ0n) is 21.0. The predicted octanol–water partition coefficient (Wildman–Crippen LogP) is 5.17. The third-order valence-corrected chi connectivity index (χ3v) is 5.96. The summed E-state index contributed by atoms with van der Waals surface area (Å²) in [7, 11) is 0. The number of amides is 1. The molecule has 38 heavy (non-hydrogen) atoms. The number of aromatic nitrogens is 1. The lowest BCUT2D eigenvalue weighted by Gasteiger charge is -2.23. The van der Waals surface area contributed by atoms with Gasteiger partial charge in [-0.15, -0.1) is 0 Å². The summed E-state index contributed by atoms with van der Waals surface area (Å²) in [5, 5.41) is 14.7. The van der Waals surface area contributed by atoms with Crippen LogP contribution < -0.4 is 15.7 Å². The first-order chi connectivity index (χ1) is 18.1. The second-order valence-corrected chi connectivity index (χ2v) is 9.96. The van der Waals surface area contributed by atoms with Gasteiger partial charge in [-0.3, -0.25) is 0 Å². The molecule has 9 heteroatoms. The number of hydrogen-bond acceptors (Lipinski definition) is 7. The van der Waals surface area contributed by atoms with Gasteiger partial charge in [-0.2, -0.15) is 0 Å². The van der Waals surface area contributed by atoms with Crippen molar-refractivity contribution in [3.8, 4) is 11.5 Å². The summed E-state index contributed by atoms with van der Waals surface area (Å²) < 4.78 is 16.4. The second kappa shape index (κ2) is 9.59. The number of esters is 1. The molecule has 0 bridgehead atoms. The Hall–Kier alpha value is -4.79. The van der Waals surface area contributed by atoms with Gasteiger partial charge in [0.15, 0.2) is 0 Å². The number of phenolic OH excluding ortho intramolecular Hbond substituents is 1. The van der Waals surface area contributed by atoms with E-state index in [0.29, 0.717) is 10.8 Å². The largest absolute Gasteiger partial charge is 0.508 e. The number of aromatic amines is 1. The Kier molecular flexibility index (Phi) is 6.28. The minimum Gasteiger partial charge on any atom is -0.508 e. The minimum atomic E-state index is -1.06. The van der Waals surface area contributed by atoms with Gasteiger partial charge < -0.3 is 29.3 Å². The van der Waals surface area contributed by atoms with Crippen molar-refractivity contribution in [1.29, 1.82) is 0 Å². The van der Waals surface area contributed by atoms with E-state index in [-0.39, 0.29) is 28.9 Å². The highest BCUT2D eigenvalue weighted by Crippen LogP contribution is 2.28. The van der Waals surface area contributed by atoms with Crippen LogP contribution in [0.25, 0.3) is 32.6 Å². The van der Waals surface area contributed by atoms with Crippen molar-refractivity contribution in [2.24, 2.45) is 0 Å². The van der Waals surface area contributed by atoms with Gasteiger partial charge in [-0.05, 0) is 62.7 Å². The lowest BCUT2D eigenvalue weighted by Crippen LogP contribution is -2.46. The summed E-state index contributed by atoms with van der Waals surface area (Å²) in [5.74, 6) is -0.624. The van der Waals surface area contributed by atoms with Crippen LogP contribution in [-0.2, 0) is 16.0 Å². The number of benzene rings is 3. The van der Waals surface area contributed by atoms with E-state index < -0.39 is 29.3 Å². The van der Waals surface area contributed by atoms with E-state index >= 15 is 0 Å². The fourth-order valence-corrected chi connectivity index (χ4v) is 4.31. The van der Waals surface area contributed by atoms with Crippen LogP contribution in [0.15, 0.2) is 76.1 Å². The SMILES string of the molecule is CC(C)(C)OC(=O)N[C@@H](Cc1c[nH]c2ccccc12)C(=O)Oc1ccc2c(c1)oc(=O)c1cc(O)ccc12. The van der Waals surface area contributed by atoms with Crippen molar-refractivity contribution in [2.75, 3.05) is 0 Å². The highest BCUT2D eigenvalue weighted by atomic mass is 16.6. The molecule has 0 aliphatic heterocycles. The van der Waals surface area contributed by atoms with Gasteiger partial charge in [0.1, 0.15) is 28.7 Å². The van der Waals surface area contributed by atoms with Gasteiger partial charge >= 0.3 is 17.7 Å². The predicted molar refractivity (Wildman–Crippen MR) is 142 cm³/mol. The third-order valence-electron chi connectivity index (χ3n) is 5.96. The molecule has 2 heterocycles. The summed E-state index contributed by atoms with van der Waals surface area (Å²) in [6, 6.07) is 15.7. The Morgan fingerprint density at radius 2 is 1.76 bits per heavy atom. The number of ether oxygens (including phenoxy) is 2. The summed E-state index contributed by atoms with van der Waals surface area (Å²) in [4.78, 5) is 41.5. The van der Waals surface area contributed by atoms with Crippen molar-refractivity contribution in [3.63, 3.8) is 0 Å². The number of carbonyl (C=O) groups excluding carboxylic acids is 2. The lowest BCUT2D eigenvalue weighted by atomic mass is 10.0. The van der Waals surface area contributed by atoms with Crippen molar-refractivity contribution < 1.29 is 28.6 Å². The molecule has 0 spiro atoms. The highest BCUT2D eigenvalue weighted by Gasteiger charge is 2.27. The van der Waals surface area contributed by atoms with Gasteiger partial charge in [-0.25, -0.2) is 14.4 Å². The summed E-state index contributed by atoms with van der Waals surface area (Å²) in [6.45, 7) is 5.19. The molecule has 2 aromatic heterocycles. The molecule has 194 valence electrons. The molecular formula is C29H26N2O7. The molecule has 1 atom stereocenters. The fraction of sp³-hybridized carbons (Fsp3) is 0.207. The number of hydrogen-bond donors (Lipinski definition) is 3. The van der Waals surface area contributed by atoms with Gasteiger partial charge in [0.2, 0.25) is 0 Å². The van der Waals surface area contributed by atoms with E-state index in [1.54, 1.807) is 45.2 Å². The van der Waals surface area contributed by atoms with Crippen LogP contribution in [0.3, 0.4) is 0 Å². The van der Waals surface area contributed by atoms with Gasteiger partial charge in [0.05, 0.1) is 5.39 Å². The second-order valence-electron chi connectivity index (χ2n) is 9.96. The monoisotopic (exact) mass is 514 g/mol. The number of H-pyrrole nitrogens is 1. The van der Waals surface area contributed by atoms with Crippen LogP contribution in [0.2, 0.25) is 0 Å². The van der Waals surface area contributed by atoms with Crippen molar-refractivity contribution >= 4 is 44.7 Å². The van der Waals surface area contributed by atoms with Gasteiger partial charge in [-0.1, -0.05) is 18.2 Å². The Balaban J connectivity index is 1.44. The standard InChI is InChI=1S/C29H26N2O7/c1-29(2,3)38-28(35)31-24(12-16-15-30-23-7-5-4-6-19(16)23)27(34)36-18-9-11-21-20-10-8-17(32)13-22(20)26(33)37-25(21)14-18/h4-11,13-15,24,30,32H,12H2,1-3H3,(H,31,35)/t24-/m0/s1. The lowest BCUT2D eigenvalue weighted by molar-refractivity contribution is -0.136. The maximum absolute atomic E-state index is 13.3. The van der Waals surface area contributed by atoms with E-state index in [1.165, 1.54) is 18.2 Å². The first-order valence-corrected chi connectivity index (χ1v) is 12.0. The number of para-hydroxylation sites is 1. The Morgan fingerprint density at radius 3 is 2.55 bits per heavy atom. The zero-order valence-corrected chi connectivity index (χ0v) is 21.0. The molecule has 5 aromatic rings. The summed E-state index contributed by atoms with van der Waals surface area (Å²) in [5.41, 5.74) is 0.548. The van der Waals surface area contributed by atoms with E-state index in [4.69, 9.17) is 13.9 Å². The Bertz CT molecular complexity index is 1740. The van der Waals surface area contributed by atoms with Crippen molar-refractivity contribution in [2.45, 2.75) is 38.8 Å². The number of carbonyl (C=O) groups is 2. The average Bonchev–Trinajstić information content (AvgIpc) is 3.25. The van der Waals surface area contributed by atoms with E-state index in [2.05, 4.69) is 10.3 Å². The molecular weight excluding hydrogens is 488 g/mol. The minimum absolute atomic E-state index is 0.0477. The molecule has 0 saturated heterocycles. The van der Waals surface area contributed by atoms with E-state index in [9.17, 15) is 19.5 Å². The van der Waals surface area contributed by atoms with E-state index in [0.717, 1.165) is 16.5 Å². The van der Waals surface area contributed by atoms with Crippen LogP contribution in [0.4, 0.5) is 4.79 Å². The maximum atomic E-state index is 13.3. The molecule has 0 aliphatic carbocycles. The summed E-state index contributed by atoms with van der Waals surface area (Å²) in [6.07, 6.45) is 1.19. The van der Waals surface area contributed by atoms with E-state index in [1.807, 2.05) is 24.3 Å². The molecule has 0 fully saturated rings. The Morgan fingerprint density at radius 1 is 1.00 bits per heavy atom. The van der Waals surface area contributed by atoms with Gasteiger partial charge in [0, 0.05) is 40.4 Å². The quantitative estimate of drug-likeness (QED) is 0.128. The third kappa shape index (κ3) is 5.17. The normalized spacial score (nSPS) is 12.5. The molecule has 9 nitrogen and oxygen atoms in total. The zero-order chi connectivity index (χ0) is 27.0. The molecule has 5 rings (SSSR count). The molecule has 0 saturated carbocycles. The number of fused-ring (bicyclic) bond motifs is 4. The number of aromatic hydroxyl groups is 1.